The molecule has 0 bridgehead atoms. The van der Waals surface area contributed by atoms with Gasteiger partial charge in [0.05, 0.1) is 0 Å². The van der Waals surface area contributed by atoms with Gasteiger partial charge in [-0.3, -0.25) is 4.90 Å². The van der Waals surface area contributed by atoms with Gasteiger partial charge in [-0.05, 0) is 63.4 Å². The second-order valence-electron chi connectivity index (χ2n) is 6.31. The summed E-state index contributed by atoms with van der Waals surface area (Å²) < 4.78 is 0. The van der Waals surface area contributed by atoms with E-state index in [0.29, 0.717) is 6.04 Å². The van der Waals surface area contributed by atoms with Gasteiger partial charge < -0.3 is 5.32 Å². The molecule has 1 aliphatic heterocycles. The van der Waals surface area contributed by atoms with Crippen molar-refractivity contribution in [3.63, 3.8) is 0 Å². The van der Waals surface area contributed by atoms with Crippen molar-refractivity contribution in [3.8, 4) is 0 Å². The third kappa shape index (κ3) is 4.46. The van der Waals surface area contributed by atoms with E-state index in [1.165, 1.54) is 48.2 Å². The van der Waals surface area contributed by atoms with Gasteiger partial charge in [0.2, 0.25) is 0 Å². The Kier molecular flexibility index (Phi) is 5.38. The van der Waals surface area contributed by atoms with Crippen molar-refractivity contribution in [3.05, 3.63) is 47.0 Å². The number of likely N-dealkylation sites (tertiary alicyclic amines) is 1. The Balaban J connectivity index is 1.75. The number of benzene rings is 1. The normalized spacial score (nSPS) is 17.4. The van der Waals surface area contributed by atoms with E-state index in [1.807, 2.05) is 0 Å². The first-order valence-electron chi connectivity index (χ1n) is 7.71. The SMILES string of the molecule is C=C(C)CN1CCC(NCc2ccc(C)c(C)c2)CC1. The number of rotatable bonds is 5. The number of hydrogen-bond acceptors (Lipinski definition) is 2. The highest BCUT2D eigenvalue weighted by Gasteiger charge is 2.18. The fourth-order valence-electron chi connectivity index (χ4n) is 2.85. The lowest BCUT2D eigenvalue weighted by Gasteiger charge is -2.32. The predicted octanol–water partition coefficient (Wildman–Crippen LogP) is 3.43. The minimum Gasteiger partial charge on any atom is -0.310 e. The van der Waals surface area contributed by atoms with Gasteiger partial charge in [-0.15, -0.1) is 0 Å². The van der Waals surface area contributed by atoms with Crippen LogP contribution in [0, 0.1) is 13.8 Å². The Labute approximate surface area is 123 Å². The van der Waals surface area contributed by atoms with Crippen molar-refractivity contribution >= 4 is 0 Å². The van der Waals surface area contributed by atoms with E-state index in [2.05, 4.69) is 55.8 Å². The fraction of sp³-hybridized carbons (Fsp3) is 0.556. The Morgan fingerprint density at radius 1 is 1.25 bits per heavy atom. The maximum absolute atomic E-state index is 4.00. The van der Waals surface area contributed by atoms with Gasteiger partial charge >= 0.3 is 0 Å². The molecule has 1 heterocycles. The second-order valence-corrected chi connectivity index (χ2v) is 6.31. The largest absolute Gasteiger partial charge is 0.310 e. The summed E-state index contributed by atoms with van der Waals surface area (Å²) in [6.45, 7) is 14.9. The van der Waals surface area contributed by atoms with E-state index in [1.54, 1.807) is 0 Å². The Morgan fingerprint density at radius 3 is 2.55 bits per heavy atom. The van der Waals surface area contributed by atoms with Crippen LogP contribution in [0.1, 0.15) is 36.5 Å². The van der Waals surface area contributed by atoms with Crippen LogP contribution in [-0.4, -0.2) is 30.6 Å². The zero-order valence-corrected chi connectivity index (χ0v) is 13.2. The maximum Gasteiger partial charge on any atom is 0.0208 e. The fourth-order valence-corrected chi connectivity index (χ4v) is 2.85. The predicted molar refractivity (Wildman–Crippen MR) is 87.0 cm³/mol. The van der Waals surface area contributed by atoms with E-state index >= 15 is 0 Å². The summed E-state index contributed by atoms with van der Waals surface area (Å²) in [5.41, 5.74) is 5.44. The quantitative estimate of drug-likeness (QED) is 0.826. The minimum atomic E-state index is 0.665. The van der Waals surface area contributed by atoms with Crippen molar-refractivity contribution in [2.24, 2.45) is 0 Å². The summed E-state index contributed by atoms with van der Waals surface area (Å²) >= 11 is 0. The van der Waals surface area contributed by atoms with Gasteiger partial charge in [-0.2, -0.15) is 0 Å². The molecule has 0 aromatic heterocycles. The molecular formula is C18H28N2. The summed E-state index contributed by atoms with van der Waals surface area (Å²) in [5.74, 6) is 0. The summed E-state index contributed by atoms with van der Waals surface area (Å²) in [6, 6.07) is 7.43. The van der Waals surface area contributed by atoms with Crippen molar-refractivity contribution in [2.45, 2.75) is 46.2 Å². The molecule has 1 aliphatic rings. The summed E-state index contributed by atoms with van der Waals surface area (Å²) in [7, 11) is 0. The van der Waals surface area contributed by atoms with E-state index < -0.39 is 0 Å². The molecule has 0 unspecified atom stereocenters. The van der Waals surface area contributed by atoms with Crippen LogP contribution in [0.2, 0.25) is 0 Å². The zero-order chi connectivity index (χ0) is 14.5. The second kappa shape index (κ2) is 7.05. The van der Waals surface area contributed by atoms with Crippen LogP contribution in [0.5, 0.6) is 0 Å². The van der Waals surface area contributed by atoms with Crippen molar-refractivity contribution < 1.29 is 0 Å². The number of nitrogens with zero attached hydrogens (tertiary/aromatic N) is 1. The molecule has 0 spiro atoms. The smallest absolute Gasteiger partial charge is 0.0208 e. The van der Waals surface area contributed by atoms with Crippen LogP contribution < -0.4 is 5.32 Å². The van der Waals surface area contributed by atoms with E-state index in [0.717, 1.165) is 13.1 Å². The van der Waals surface area contributed by atoms with Crippen LogP contribution in [0.3, 0.4) is 0 Å². The molecule has 0 aliphatic carbocycles. The first-order valence-corrected chi connectivity index (χ1v) is 7.71. The summed E-state index contributed by atoms with van der Waals surface area (Å²) in [4.78, 5) is 2.51. The standard InChI is InChI=1S/C18H28N2/c1-14(2)13-20-9-7-18(8-10-20)19-12-17-6-5-15(3)16(4)11-17/h5-6,11,18-19H,1,7-10,12-13H2,2-4H3. The third-order valence-corrected chi connectivity index (χ3v) is 4.25. The van der Waals surface area contributed by atoms with Crippen molar-refractivity contribution in [2.75, 3.05) is 19.6 Å². The average Bonchev–Trinajstić information content (AvgIpc) is 2.41. The molecule has 1 N–H and O–H groups in total. The molecule has 20 heavy (non-hydrogen) atoms. The molecule has 2 rings (SSSR count). The van der Waals surface area contributed by atoms with E-state index in [4.69, 9.17) is 0 Å². The molecule has 0 amide bonds. The topological polar surface area (TPSA) is 15.3 Å². The zero-order valence-electron chi connectivity index (χ0n) is 13.2. The molecule has 1 aromatic carbocycles. The molecular weight excluding hydrogens is 244 g/mol. The first kappa shape index (κ1) is 15.3. The Hall–Kier alpha value is -1.12. The minimum absolute atomic E-state index is 0.665. The van der Waals surface area contributed by atoms with Gasteiger partial charge in [0.15, 0.2) is 0 Å². The maximum atomic E-state index is 4.00. The van der Waals surface area contributed by atoms with Crippen LogP contribution in [0.25, 0.3) is 0 Å². The molecule has 2 nitrogen and oxygen atoms in total. The summed E-state index contributed by atoms with van der Waals surface area (Å²) in [6.07, 6.45) is 2.50. The average molecular weight is 272 g/mol. The molecule has 1 fully saturated rings. The van der Waals surface area contributed by atoms with Gasteiger partial charge in [0, 0.05) is 19.1 Å². The van der Waals surface area contributed by atoms with Gasteiger partial charge in [-0.1, -0.05) is 30.4 Å². The number of nitrogens with one attached hydrogen (secondary N) is 1. The lowest BCUT2D eigenvalue weighted by atomic mass is 10.0. The van der Waals surface area contributed by atoms with E-state index in [9.17, 15) is 0 Å². The van der Waals surface area contributed by atoms with Crippen molar-refractivity contribution in [1.82, 2.24) is 10.2 Å². The van der Waals surface area contributed by atoms with Gasteiger partial charge in [0.1, 0.15) is 0 Å². The van der Waals surface area contributed by atoms with Gasteiger partial charge in [0.25, 0.3) is 0 Å². The van der Waals surface area contributed by atoms with E-state index in [-0.39, 0.29) is 0 Å². The van der Waals surface area contributed by atoms with Crippen LogP contribution >= 0.6 is 0 Å². The highest BCUT2D eigenvalue weighted by atomic mass is 15.1. The highest BCUT2D eigenvalue weighted by Crippen LogP contribution is 2.14. The highest BCUT2D eigenvalue weighted by molar-refractivity contribution is 5.29. The number of hydrogen-bond donors (Lipinski definition) is 1. The van der Waals surface area contributed by atoms with Crippen LogP contribution in [0.15, 0.2) is 30.4 Å². The molecule has 110 valence electrons. The monoisotopic (exact) mass is 272 g/mol. The Morgan fingerprint density at radius 2 is 1.95 bits per heavy atom. The summed E-state index contributed by atoms with van der Waals surface area (Å²) in [5, 5.41) is 3.71. The number of aryl methyl sites for hydroxylation is 2. The van der Waals surface area contributed by atoms with Crippen molar-refractivity contribution in [1.29, 1.82) is 0 Å². The lowest BCUT2D eigenvalue weighted by Crippen LogP contribution is -2.42. The molecule has 2 heteroatoms. The lowest BCUT2D eigenvalue weighted by molar-refractivity contribution is 0.211. The third-order valence-electron chi connectivity index (χ3n) is 4.25. The molecule has 1 saturated heterocycles. The Bertz CT molecular complexity index is 456. The first-order chi connectivity index (χ1) is 9.54. The molecule has 0 saturated carbocycles. The molecule has 0 radical (unpaired) electrons. The number of piperidine rings is 1. The molecule has 1 aromatic rings. The molecule has 0 atom stereocenters. The van der Waals surface area contributed by atoms with Crippen LogP contribution in [-0.2, 0) is 6.54 Å². The van der Waals surface area contributed by atoms with Gasteiger partial charge in [-0.25, -0.2) is 0 Å². The van der Waals surface area contributed by atoms with Crippen LogP contribution in [0.4, 0.5) is 0 Å².